The number of pyridine rings is 2. The Bertz CT molecular complexity index is 416. The van der Waals surface area contributed by atoms with Crippen LogP contribution in [0.1, 0.15) is 5.56 Å². The highest BCUT2D eigenvalue weighted by atomic mass is 79.9. The predicted octanol–water partition coefficient (Wildman–Crippen LogP) is 2.82. The lowest BCUT2D eigenvalue weighted by Gasteiger charge is -2.04. The van der Waals surface area contributed by atoms with Crippen LogP contribution in [0.25, 0.3) is 0 Å². The average Bonchev–Trinajstić information content (AvgIpc) is 2.30. The van der Waals surface area contributed by atoms with Crippen molar-refractivity contribution >= 4 is 15.9 Å². The summed E-state index contributed by atoms with van der Waals surface area (Å²) in [6, 6.07) is 7.57. The van der Waals surface area contributed by atoms with Crippen molar-refractivity contribution in [2.75, 3.05) is 0 Å². The monoisotopic (exact) mass is 264 g/mol. The molecule has 0 fully saturated rings. The standard InChI is InChI=1S/C11H9BrN2O/c12-11-2-1-10(7-14-11)15-8-9-3-5-13-6-4-9/h1-7H,8H2. The average molecular weight is 265 g/mol. The molecule has 0 saturated heterocycles. The molecule has 76 valence electrons. The lowest BCUT2D eigenvalue weighted by atomic mass is 10.3. The maximum absolute atomic E-state index is 5.54. The summed E-state index contributed by atoms with van der Waals surface area (Å²) in [5, 5.41) is 0. The Kier molecular flexibility index (Phi) is 3.29. The lowest BCUT2D eigenvalue weighted by Crippen LogP contribution is -1.95. The van der Waals surface area contributed by atoms with Gasteiger partial charge >= 0.3 is 0 Å². The first-order chi connectivity index (χ1) is 7.34. The molecule has 15 heavy (non-hydrogen) atoms. The molecule has 0 atom stereocenters. The van der Waals surface area contributed by atoms with Crippen molar-refractivity contribution in [3.8, 4) is 5.75 Å². The number of rotatable bonds is 3. The molecule has 4 heteroatoms. The number of hydrogen-bond acceptors (Lipinski definition) is 3. The number of nitrogens with zero attached hydrogens (tertiary/aromatic N) is 2. The highest BCUT2D eigenvalue weighted by Crippen LogP contribution is 2.14. The number of hydrogen-bond donors (Lipinski definition) is 0. The van der Waals surface area contributed by atoms with E-state index in [9.17, 15) is 0 Å². The molecule has 2 aromatic heterocycles. The van der Waals surface area contributed by atoms with E-state index in [1.807, 2.05) is 24.3 Å². The van der Waals surface area contributed by atoms with Gasteiger partial charge in [0.2, 0.25) is 0 Å². The van der Waals surface area contributed by atoms with E-state index in [1.54, 1.807) is 18.6 Å². The van der Waals surface area contributed by atoms with Gasteiger partial charge in [-0.05, 0) is 45.8 Å². The summed E-state index contributed by atoms with van der Waals surface area (Å²) in [6.07, 6.45) is 5.18. The van der Waals surface area contributed by atoms with Crippen LogP contribution in [-0.2, 0) is 6.61 Å². The van der Waals surface area contributed by atoms with E-state index in [4.69, 9.17) is 4.74 Å². The summed E-state index contributed by atoms with van der Waals surface area (Å²) >= 11 is 3.27. The molecule has 0 aromatic carbocycles. The molecule has 0 aliphatic heterocycles. The summed E-state index contributed by atoms with van der Waals surface area (Å²) in [4.78, 5) is 8.01. The first-order valence-corrected chi connectivity index (χ1v) is 5.27. The van der Waals surface area contributed by atoms with E-state index >= 15 is 0 Å². The summed E-state index contributed by atoms with van der Waals surface area (Å²) in [6.45, 7) is 0.534. The molecule has 2 aromatic rings. The summed E-state index contributed by atoms with van der Waals surface area (Å²) < 4.78 is 6.34. The molecule has 0 spiro atoms. The van der Waals surface area contributed by atoms with E-state index < -0.39 is 0 Å². The van der Waals surface area contributed by atoms with E-state index in [1.165, 1.54) is 0 Å². The number of ether oxygens (including phenoxy) is 1. The van der Waals surface area contributed by atoms with E-state index in [2.05, 4.69) is 25.9 Å². The van der Waals surface area contributed by atoms with Crippen LogP contribution in [-0.4, -0.2) is 9.97 Å². The predicted molar refractivity (Wildman–Crippen MR) is 60.5 cm³/mol. The van der Waals surface area contributed by atoms with Crippen LogP contribution in [0.5, 0.6) is 5.75 Å². The van der Waals surface area contributed by atoms with Crippen molar-refractivity contribution in [1.82, 2.24) is 9.97 Å². The van der Waals surface area contributed by atoms with Crippen molar-refractivity contribution in [3.63, 3.8) is 0 Å². The van der Waals surface area contributed by atoms with Crippen molar-refractivity contribution in [3.05, 3.63) is 53.0 Å². The maximum Gasteiger partial charge on any atom is 0.138 e. The van der Waals surface area contributed by atoms with E-state index in [0.29, 0.717) is 6.61 Å². The van der Waals surface area contributed by atoms with Gasteiger partial charge in [0.1, 0.15) is 17.0 Å². The van der Waals surface area contributed by atoms with Crippen molar-refractivity contribution in [1.29, 1.82) is 0 Å². The molecule has 0 aliphatic carbocycles. The second kappa shape index (κ2) is 4.89. The molecular weight excluding hydrogens is 256 g/mol. The first-order valence-electron chi connectivity index (χ1n) is 4.48. The third-order valence-corrected chi connectivity index (χ3v) is 2.32. The Morgan fingerprint density at radius 3 is 2.60 bits per heavy atom. The Morgan fingerprint density at radius 2 is 1.93 bits per heavy atom. The van der Waals surface area contributed by atoms with Crippen LogP contribution < -0.4 is 4.74 Å². The van der Waals surface area contributed by atoms with Crippen molar-refractivity contribution < 1.29 is 4.74 Å². The van der Waals surface area contributed by atoms with Gasteiger partial charge in [-0.1, -0.05) is 0 Å². The smallest absolute Gasteiger partial charge is 0.138 e. The van der Waals surface area contributed by atoms with Crippen LogP contribution in [0, 0.1) is 0 Å². The SMILES string of the molecule is Brc1ccc(OCc2ccncc2)cn1. The lowest BCUT2D eigenvalue weighted by molar-refractivity contribution is 0.305. The van der Waals surface area contributed by atoms with Crippen LogP contribution in [0.4, 0.5) is 0 Å². The van der Waals surface area contributed by atoms with Gasteiger partial charge in [-0.25, -0.2) is 4.98 Å². The third kappa shape index (κ3) is 3.02. The summed E-state index contributed by atoms with van der Waals surface area (Å²) in [5.74, 6) is 0.759. The molecule has 0 bridgehead atoms. The maximum atomic E-state index is 5.54. The molecule has 0 aliphatic rings. The zero-order valence-corrected chi connectivity index (χ0v) is 9.52. The van der Waals surface area contributed by atoms with Gasteiger partial charge in [0.15, 0.2) is 0 Å². The van der Waals surface area contributed by atoms with Crippen molar-refractivity contribution in [2.24, 2.45) is 0 Å². The van der Waals surface area contributed by atoms with Crippen molar-refractivity contribution in [2.45, 2.75) is 6.61 Å². The minimum absolute atomic E-state index is 0.534. The summed E-state index contributed by atoms with van der Waals surface area (Å²) in [5.41, 5.74) is 1.09. The fourth-order valence-electron chi connectivity index (χ4n) is 1.09. The molecule has 0 amide bonds. The minimum atomic E-state index is 0.534. The van der Waals surface area contributed by atoms with Gasteiger partial charge in [0, 0.05) is 12.4 Å². The second-order valence-electron chi connectivity index (χ2n) is 2.96. The molecule has 0 saturated carbocycles. The first kappa shape index (κ1) is 10.1. The Balaban J connectivity index is 1.96. The molecule has 0 radical (unpaired) electrons. The molecule has 2 rings (SSSR count). The minimum Gasteiger partial charge on any atom is -0.487 e. The summed E-state index contributed by atoms with van der Waals surface area (Å²) in [7, 11) is 0. The van der Waals surface area contributed by atoms with E-state index in [0.717, 1.165) is 15.9 Å². The van der Waals surface area contributed by atoms with Gasteiger partial charge in [-0.15, -0.1) is 0 Å². The largest absolute Gasteiger partial charge is 0.487 e. The third-order valence-electron chi connectivity index (χ3n) is 1.86. The van der Waals surface area contributed by atoms with Crippen LogP contribution in [0.3, 0.4) is 0 Å². The van der Waals surface area contributed by atoms with Gasteiger partial charge < -0.3 is 4.74 Å². The van der Waals surface area contributed by atoms with Gasteiger partial charge in [-0.3, -0.25) is 4.98 Å². The zero-order chi connectivity index (χ0) is 10.5. The van der Waals surface area contributed by atoms with Crippen LogP contribution in [0.15, 0.2) is 47.5 Å². The van der Waals surface area contributed by atoms with Gasteiger partial charge in [-0.2, -0.15) is 0 Å². The topological polar surface area (TPSA) is 35.0 Å². The Labute approximate surface area is 96.3 Å². The van der Waals surface area contributed by atoms with Gasteiger partial charge in [0.05, 0.1) is 6.20 Å². The fraction of sp³-hybridized carbons (Fsp3) is 0.0909. The van der Waals surface area contributed by atoms with Gasteiger partial charge in [0.25, 0.3) is 0 Å². The van der Waals surface area contributed by atoms with Crippen LogP contribution >= 0.6 is 15.9 Å². The van der Waals surface area contributed by atoms with E-state index in [-0.39, 0.29) is 0 Å². The Morgan fingerprint density at radius 1 is 1.13 bits per heavy atom. The Hall–Kier alpha value is -1.42. The molecule has 0 unspecified atom stereocenters. The molecule has 0 N–H and O–H groups in total. The normalized spacial score (nSPS) is 9.93. The number of aromatic nitrogens is 2. The highest BCUT2D eigenvalue weighted by Gasteiger charge is 1.95. The fourth-order valence-corrected chi connectivity index (χ4v) is 1.33. The zero-order valence-electron chi connectivity index (χ0n) is 7.93. The molecule has 2 heterocycles. The molecular formula is C11H9BrN2O. The molecule has 3 nitrogen and oxygen atoms in total. The highest BCUT2D eigenvalue weighted by molar-refractivity contribution is 9.10. The quantitative estimate of drug-likeness (QED) is 0.800. The van der Waals surface area contributed by atoms with Crippen LogP contribution in [0.2, 0.25) is 0 Å². The number of halogens is 1. The second-order valence-corrected chi connectivity index (χ2v) is 3.77.